The van der Waals surface area contributed by atoms with E-state index in [1.807, 2.05) is 4.57 Å². The molecule has 1 heterocycles. The molecule has 0 fully saturated rings. The molecule has 3 aromatic carbocycles. The monoisotopic (exact) mass is 500 g/mol. The lowest BCUT2D eigenvalue weighted by Crippen LogP contribution is -2.17. The fourth-order valence-corrected chi connectivity index (χ4v) is 4.18. The van der Waals surface area contributed by atoms with E-state index < -0.39 is 12.0 Å². The van der Waals surface area contributed by atoms with Gasteiger partial charge < -0.3 is 25.3 Å². The molecule has 9 heteroatoms. The Morgan fingerprint density at radius 1 is 1.00 bits per heavy atom. The standard InChI is InChI=1S/C25H22Cl2N2O5/c26-16-2-1-14-9-24(20(25(28)33)8-15(14)7-16)34-13-23(32)21-11-29(6-5-18(31)12-30)22-10-17(27)3-4-19(21)22/h1-4,7-11,18,30-31H,5-6,12-13H2,(H2,28,33)/t18-/m1/s1. The average molecular weight is 501 g/mol. The van der Waals surface area contributed by atoms with Crippen LogP contribution in [0.15, 0.2) is 54.7 Å². The van der Waals surface area contributed by atoms with Crippen LogP contribution in [0, 0.1) is 0 Å². The maximum atomic E-state index is 13.1. The number of primary amides is 1. The molecular weight excluding hydrogens is 479 g/mol. The molecule has 0 saturated carbocycles. The van der Waals surface area contributed by atoms with Crippen molar-refractivity contribution in [1.29, 1.82) is 0 Å². The number of ketones is 1. The van der Waals surface area contributed by atoms with Gasteiger partial charge in [-0.3, -0.25) is 9.59 Å². The topological polar surface area (TPSA) is 115 Å². The SMILES string of the molecule is NC(=O)c1cc2cc(Cl)ccc2cc1OCC(=O)c1cn(CC[C@@H](O)CO)c2cc(Cl)ccc12. The number of nitrogens with two attached hydrogens (primary N) is 1. The molecule has 0 spiro atoms. The van der Waals surface area contributed by atoms with Crippen molar-refractivity contribution < 1.29 is 24.5 Å². The summed E-state index contributed by atoms with van der Waals surface area (Å²) in [6.07, 6.45) is 1.11. The van der Waals surface area contributed by atoms with Gasteiger partial charge in [0, 0.05) is 33.7 Å². The maximum Gasteiger partial charge on any atom is 0.252 e. The highest BCUT2D eigenvalue weighted by Gasteiger charge is 2.19. The van der Waals surface area contributed by atoms with E-state index in [4.69, 9.17) is 38.8 Å². The highest BCUT2D eigenvalue weighted by molar-refractivity contribution is 6.31. The van der Waals surface area contributed by atoms with Crippen LogP contribution in [0.5, 0.6) is 5.75 Å². The van der Waals surface area contributed by atoms with Crippen LogP contribution in [-0.4, -0.2) is 45.8 Å². The largest absolute Gasteiger partial charge is 0.485 e. The minimum Gasteiger partial charge on any atom is -0.485 e. The van der Waals surface area contributed by atoms with Crippen molar-refractivity contribution in [3.63, 3.8) is 0 Å². The van der Waals surface area contributed by atoms with E-state index in [2.05, 4.69) is 0 Å². The number of fused-ring (bicyclic) bond motifs is 2. The molecule has 34 heavy (non-hydrogen) atoms. The average Bonchev–Trinajstić information content (AvgIpc) is 3.17. The lowest BCUT2D eigenvalue weighted by molar-refractivity contribution is 0.0849. The van der Waals surface area contributed by atoms with Gasteiger partial charge in [-0.15, -0.1) is 0 Å². The van der Waals surface area contributed by atoms with Gasteiger partial charge in [-0.2, -0.15) is 0 Å². The number of halogens is 2. The van der Waals surface area contributed by atoms with E-state index in [-0.39, 0.29) is 30.3 Å². The number of carbonyl (C=O) groups excluding carboxylic acids is 2. The molecule has 0 aliphatic heterocycles. The zero-order chi connectivity index (χ0) is 24.4. The first-order valence-corrected chi connectivity index (χ1v) is 11.3. The van der Waals surface area contributed by atoms with Crippen molar-refractivity contribution >= 4 is 56.6 Å². The molecule has 0 aliphatic carbocycles. The van der Waals surface area contributed by atoms with Gasteiger partial charge in [0.15, 0.2) is 6.61 Å². The lowest BCUT2D eigenvalue weighted by atomic mass is 10.1. The van der Waals surface area contributed by atoms with Gasteiger partial charge in [-0.1, -0.05) is 35.3 Å². The predicted octanol–water partition coefficient (Wildman–Crippen LogP) is 4.21. The summed E-state index contributed by atoms with van der Waals surface area (Å²) in [7, 11) is 0. The molecule has 0 bridgehead atoms. The van der Waals surface area contributed by atoms with Gasteiger partial charge in [0.1, 0.15) is 5.75 Å². The number of ether oxygens (including phenoxy) is 1. The zero-order valence-electron chi connectivity index (χ0n) is 18.0. The first-order valence-electron chi connectivity index (χ1n) is 10.5. The number of carbonyl (C=O) groups is 2. The van der Waals surface area contributed by atoms with Crippen LogP contribution in [0.4, 0.5) is 0 Å². The number of hydrogen-bond acceptors (Lipinski definition) is 5. The van der Waals surface area contributed by atoms with Crippen LogP contribution < -0.4 is 10.5 Å². The van der Waals surface area contributed by atoms with Crippen molar-refractivity contribution in [2.45, 2.75) is 19.1 Å². The summed E-state index contributed by atoms with van der Waals surface area (Å²) < 4.78 is 7.57. The summed E-state index contributed by atoms with van der Waals surface area (Å²) >= 11 is 12.2. The molecule has 4 N–H and O–H groups in total. The number of aliphatic hydroxyl groups is 2. The van der Waals surface area contributed by atoms with E-state index in [9.17, 15) is 14.7 Å². The normalized spacial score (nSPS) is 12.2. The van der Waals surface area contributed by atoms with Gasteiger partial charge in [-0.25, -0.2) is 0 Å². The first kappa shape index (κ1) is 24.0. The summed E-state index contributed by atoms with van der Waals surface area (Å²) in [5, 5.41) is 22.0. The van der Waals surface area contributed by atoms with E-state index in [1.54, 1.807) is 54.7 Å². The van der Waals surface area contributed by atoms with Crippen LogP contribution in [0.3, 0.4) is 0 Å². The number of aryl methyl sites for hydroxylation is 1. The second-order valence-corrected chi connectivity index (χ2v) is 8.81. The molecule has 1 amide bonds. The Kier molecular flexibility index (Phi) is 7.09. The molecule has 4 rings (SSSR count). The second-order valence-electron chi connectivity index (χ2n) is 7.94. The van der Waals surface area contributed by atoms with Gasteiger partial charge in [0.2, 0.25) is 5.78 Å². The summed E-state index contributed by atoms with van der Waals surface area (Å²) in [6, 6.07) is 13.6. The van der Waals surface area contributed by atoms with E-state index in [1.165, 1.54) is 0 Å². The molecule has 0 radical (unpaired) electrons. The van der Waals surface area contributed by atoms with E-state index >= 15 is 0 Å². The lowest BCUT2D eigenvalue weighted by Gasteiger charge is -2.11. The smallest absolute Gasteiger partial charge is 0.252 e. The Bertz CT molecular complexity index is 1400. The summed E-state index contributed by atoms with van der Waals surface area (Å²) in [5.41, 5.74) is 6.82. The van der Waals surface area contributed by atoms with Gasteiger partial charge in [0.25, 0.3) is 5.91 Å². The van der Waals surface area contributed by atoms with Gasteiger partial charge in [-0.05, 0) is 53.6 Å². The maximum absolute atomic E-state index is 13.1. The Balaban J connectivity index is 1.62. The number of nitrogens with zero attached hydrogens (tertiary/aromatic N) is 1. The molecule has 0 aliphatic rings. The second kappa shape index (κ2) is 10.0. The van der Waals surface area contributed by atoms with Crippen molar-refractivity contribution in [1.82, 2.24) is 4.57 Å². The fourth-order valence-electron chi connectivity index (χ4n) is 3.83. The van der Waals surface area contributed by atoms with Crippen LogP contribution in [-0.2, 0) is 6.54 Å². The molecule has 0 saturated heterocycles. The van der Waals surface area contributed by atoms with Crippen LogP contribution >= 0.6 is 23.2 Å². The molecule has 7 nitrogen and oxygen atoms in total. The van der Waals surface area contributed by atoms with Crippen molar-refractivity contribution in [3.05, 3.63) is 75.9 Å². The molecule has 1 aromatic heterocycles. The third-order valence-electron chi connectivity index (χ3n) is 5.58. The Morgan fingerprint density at radius 3 is 2.47 bits per heavy atom. The number of hydrogen-bond donors (Lipinski definition) is 3. The van der Waals surface area contributed by atoms with Crippen LogP contribution in [0.25, 0.3) is 21.7 Å². The van der Waals surface area contributed by atoms with Crippen LogP contribution in [0.1, 0.15) is 27.1 Å². The molecule has 4 aromatic rings. The predicted molar refractivity (Wildman–Crippen MR) is 132 cm³/mol. The van der Waals surface area contributed by atoms with Gasteiger partial charge >= 0.3 is 0 Å². The third-order valence-corrected chi connectivity index (χ3v) is 6.05. The molecule has 176 valence electrons. The third kappa shape index (κ3) is 5.03. The first-order chi connectivity index (χ1) is 16.3. The number of benzene rings is 3. The van der Waals surface area contributed by atoms with E-state index in [0.717, 1.165) is 16.3 Å². The van der Waals surface area contributed by atoms with Crippen LogP contribution in [0.2, 0.25) is 10.0 Å². The quantitative estimate of drug-likeness (QED) is 0.298. The number of rotatable bonds is 9. The summed E-state index contributed by atoms with van der Waals surface area (Å²) in [6.45, 7) is -0.286. The Hall–Kier alpha value is -3.10. The summed E-state index contributed by atoms with van der Waals surface area (Å²) in [4.78, 5) is 25.1. The minimum absolute atomic E-state index is 0.148. The number of aromatic nitrogens is 1. The Morgan fingerprint density at radius 2 is 1.74 bits per heavy atom. The number of aliphatic hydroxyl groups excluding tert-OH is 2. The molecule has 1 atom stereocenters. The Labute approximate surface area is 205 Å². The zero-order valence-corrected chi connectivity index (χ0v) is 19.5. The van der Waals surface area contributed by atoms with Crippen molar-refractivity contribution in [2.24, 2.45) is 5.73 Å². The van der Waals surface area contributed by atoms with E-state index in [0.29, 0.717) is 34.0 Å². The fraction of sp³-hybridized carbons (Fsp3) is 0.200. The van der Waals surface area contributed by atoms with Crippen molar-refractivity contribution in [2.75, 3.05) is 13.2 Å². The van der Waals surface area contributed by atoms with Crippen molar-refractivity contribution in [3.8, 4) is 5.75 Å². The molecule has 0 unspecified atom stereocenters. The highest BCUT2D eigenvalue weighted by Crippen LogP contribution is 2.29. The molecular formula is C25H22Cl2N2O5. The highest BCUT2D eigenvalue weighted by atomic mass is 35.5. The van der Waals surface area contributed by atoms with Gasteiger partial charge in [0.05, 0.1) is 23.8 Å². The summed E-state index contributed by atoms with van der Waals surface area (Å²) in [5.74, 6) is -0.785. The number of Topliss-reactive ketones (excluding diaryl/α,β-unsaturated/α-hetero) is 1. The minimum atomic E-state index is -0.867. The number of amides is 1.